The lowest BCUT2D eigenvalue weighted by Crippen LogP contribution is -2.58. The molecular formula is C20H23FN2O4S. The van der Waals surface area contributed by atoms with E-state index in [4.69, 9.17) is 4.74 Å². The van der Waals surface area contributed by atoms with Crippen molar-refractivity contribution in [3.05, 3.63) is 54.3 Å². The van der Waals surface area contributed by atoms with E-state index in [2.05, 4.69) is 12.2 Å². The van der Waals surface area contributed by atoms with Gasteiger partial charge in [0.15, 0.2) is 9.84 Å². The summed E-state index contributed by atoms with van der Waals surface area (Å²) in [5.74, 6) is 0.246. The highest BCUT2D eigenvalue weighted by Crippen LogP contribution is 2.25. The van der Waals surface area contributed by atoms with Crippen LogP contribution in [-0.4, -0.2) is 44.3 Å². The van der Waals surface area contributed by atoms with Gasteiger partial charge in [0, 0.05) is 18.8 Å². The standard InChI is InChI=1S/C20H23FN2O4S/c1-2-3-12-27-17-8-6-16(7-9-17)22-20(24)23-13-19(14-23)28(25,26)18-10-4-15(21)5-11-18/h4-11,19H,2-3,12-14H2,1H3,(H,22,24). The molecule has 3 rings (SSSR count). The number of hydrogen-bond donors (Lipinski definition) is 1. The third-order valence-corrected chi connectivity index (χ3v) is 6.69. The van der Waals surface area contributed by atoms with Crippen LogP contribution in [0.4, 0.5) is 14.9 Å². The summed E-state index contributed by atoms with van der Waals surface area (Å²) in [5.41, 5.74) is 0.609. The van der Waals surface area contributed by atoms with Crippen LogP contribution in [0.15, 0.2) is 53.4 Å². The Morgan fingerprint density at radius 1 is 1.14 bits per heavy atom. The minimum absolute atomic E-state index is 0.0672. The van der Waals surface area contributed by atoms with Gasteiger partial charge in [-0.1, -0.05) is 13.3 Å². The van der Waals surface area contributed by atoms with Crippen LogP contribution in [0.1, 0.15) is 19.8 Å². The van der Waals surface area contributed by atoms with Crippen LogP contribution in [0, 0.1) is 5.82 Å². The minimum Gasteiger partial charge on any atom is -0.494 e. The van der Waals surface area contributed by atoms with E-state index < -0.39 is 20.9 Å². The Balaban J connectivity index is 1.51. The molecule has 2 aromatic carbocycles. The van der Waals surface area contributed by atoms with E-state index in [9.17, 15) is 17.6 Å². The summed E-state index contributed by atoms with van der Waals surface area (Å²) >= 11 is 0. The summed E-state index contributed by atoms with van der Waals surface area (Å²) in [7, 11) is -3.58. The number of halogens is 1. The van der Waals surface area contributed by atoms with Gasteiger partial charge < -0.3 is 15.0 Å². The van der Waals surface area contributed by atoms with Crippen molar-refractivity contribution in [2.75, 3.05) is 25.0 Å². The number of hydrogen-bond acceptors (Lipinski definition) is 4. The first-order valence-electron chi connectivity index (χ1n) is 9.18. The van der Waals surface area contributed by atoms with Crippen molar-refractivity contribution in [1.29, 1.82) is 0 Å². The van der Waals surface area contributed by atoms with Gasteiger partial charge in [-0.05, 0) is 55.0 Å². The lowest BCUT2D eigenvalue weighted by molar-refractivity contribution is 0.182. The number of urea groups is 1. The quantitative estimate of drug-likeness (QED) is 0.562. The fraction of sp³-hybridized carbons (Fsp3) is 0.350. The molecule has 0 saturated carbocycles. The number of unbranched alkanes of at least 4 members (excludes halogenated alkanes) is 1. The zero-order valence-corrected chi connectivity index (χ0v) is 16.4. The summed E-state index contributed by atoms with van der Waals surface area (Å²) in [6.45, 7) is 2.95. The number of amides is 2. The molecule has 0 aliphatic carbocycles. The van der Waals surface area contributed by atoms with Crippen LogP contribution in [-0.2, 0) is 9.84 Å². The van der Waals surface area contributed by atoms with Crippen molar-refractivity contribution < 1.29 is 22.3 Å². The maximum atomic E-state index is 13.0. The Labute approximate surface area is 164 Å². The van der Waals surface area contributed by atoms with E-state index in [1.54, 1.807) is 24.3 Å². The van der Waals surface area contributed by atoms with Gasteiger partial charge in [0.2, 0.25) is 0 Å². The molecule has 2 aromatic rings. The monoisotopic (exact) mass is 406 g/mol. The number of rotatable bonds is 7. The Bertz CT molecular complexity index is 908. The summed E-state index contributed by atoms with van der Waals surface area (Å²) in [5, 5.41) is 2.06. The molecule has 0 radical (unpaired) electrons. The molecule has 1 fully saturated rings. The Hall–Kier alpha value is -2.61. The molecule has 1 aliphatic heterocycles. The van der Waals surface area contributed by atoms with Gasteiger partial charge in [-0.25, -0.2) is 17.6 Å². The number of nitrogens with zero attached hydrogens (tertiary/aromatic N) is 1. The van der Waals surface area contributed by atoms with Crippen LogP contribution in [0.5, 0.6) is 5.75 Å². The molecule has 1 saturated heterocycles. The van der Waals surface area contributed by atoms with E-state index in [-0.39, 0.29) is 24.0 Å². The summed E-state index contributed by atoms with van der Waals surface area (Å²) in [6, 6.07) is 11.4. The second-order valence-electron chi connectivity index (χ2n) is 6.68. The molecule has 0 aromatic heterocycles. The molecule has 0 spiro atoms. The number of sulfone groups is 1. The molecule has 0 atom stereocenters. The lowest BCUT2D eigenvalue weighted by atomic mass is 10.2. The molecule has 8 heteroatoms. The van der Waals surface area contributed by atoms with Gasteiger partial charge in [0.1, 0.15) is 16.8 Å². The topological polar surface area (TPSA) is 75.7 Å². The Morgan fingerprint density at radius 3 is 2.39 bits per heavy atom. The first kappa shape index (κ1) is 20.1. The van der Waals surface area contributed by atoms with Crippen molar-refractivity contribution in [3.8, 4) is 5.75 Å². The molecule has 0 unspecified atom stereocenters. The van der Waals surface area contributed by atoms with Gasteiger partial charge in [0.25, 0.3) is 0 Å². The predicted octanol–water partition coefficient (Wildman–Crippen LogP) is 3.69. The van der Waals surface area contributed by atoms with E-state index in [0.29, 0.717) is 12.3 Å². The fourth-order valence-electron chi connectivity index (χ4n) is 2.79. The van der Waals surface area contributed by atoms with Crippen molar-refractivity contribution in [1.82, 2.24) is 4.90 Å². The van der Waals surface area contributed by atoms with E-state index in [1.165, 1.54) is 17.0 Å². The van der Waals surface area contributed by atoms with Crippen LogP contribution >= 0.6 is 0 Å². The second kappa shape index (κ2) is 8.60. The highest BCUT2D eigenvalue weighted by Gasteiger charge is 2.40. The van der Waals surface area contributed by atoms with Gasteiger partial charge in [-0.3, -0.25) is 0 Å². The van der Waals surface area contributed by atoms with Crippen molar-refractivity contribution >= 4 is 21.6 Å². The molecule has 0 bridgehead atoms. The molecule has 6 nitrogen and oxygen atoms in total. The molecule has 2 amide bonds. The minimum atomic E-state index is -3.58. The van der Waals surface area contributed by atoms with Crippen molar-refractivity contribution in [2.24, 2.45) is 0 Å². The normalized spacial score (nSPS) is 14.4. The highest BCUT2D eigenvalue weighted by atomic mass is 32.2. The largest absolute Gasteiger partial charge is 0.494 e. The molecule has 28 heavy (non-hydrogen) atoms. The fourth-order valence-corrected chi connectivity index (χ4v) is 4.44. The maximum Gasteiger partial charge on any atom is 0.321 e. The molecule has 150 valence electrons. The lowest BCUT2D eigenvalue weighted by Gasteiger charge is -2.38. The number of anilines is 1. The van der Waals surface area contributed by atoms with Crippen molar-refractivity contribution in [3.63, 3.8) is 0 Å². The Kier molecular flexibility index (Phi) is 6.18. The maximum absolute atomic E-state index is 13.0. The molecule has 1 aliphatic rings. The number of nitrogens with one attached hydrogen (secondary N) is 1. The van der Waals surface area contributed by atoms with Gasteiger partial charge in [-0.2, -0.15) is 0 Å². The average molecular weight is 406 g/mol. The van der Waals surface area contributed by atoms with Crippen LogP contribution in [0.25, 0.3) is 0 Å². The second-order valence-corrected chi connectivity index (χ2v) is 8.91. The molecular weight excluding hydrogens is 383 g/mol. The first-order chi connectivity index (χ1) is 13.4. The zero-order chi connectivity index (χ0) is 20.1. The highest BCUT2D eigenvalue weighted by molar-refractivity contribution is 7.92. The Morgan fingerprint density at radius 2 is 1.79 bits per heavy atom. The van der Waals surface area contributed by atoms with Crippen LogP contribution in [0.2, 0.25) is 0 Å². The number of carbonyl (C=O) groups is 1. The first-order valence-corrected chi connectivity index (χ1v) is 10.7. The van der Waals surface area contributed by atoms with Gasteiger partial charge in [0.05, 0.1) is 11.5 Å². The summed E-state index contributed by atoms with van der Waals surface area (Å²) in [4.78, 5) is 13.8. The zero-order valence-electron chi connectivity index (χ0n) is 15.6. The van der Waals surface area contributed by atoms with Crippen molar-refractivity contribution in [2.45, 2.75) is 29.9 Å². The van der Waals surface area contributed by atoms with E-state index >= 15 is 0 Å². The third-order valence-electron chi connectivity index (χ3n) is 4.59. The number of benzene rings is 2. The van der Waals surface area contributed by atoms with Crippen LogP contribution in [0.3, 0.4) is 0 Å². The van der Waals surface area contributed by atoms with E-state index in [1.807, 2.05) is 0 Å². The van der Waals surface area contributed by atoms with Gasteiger partial charge in [-0.15, -0.1) is 0 Å². The molecule has 1 heterocycles. The predicted molar refractivity (Wildman–Crippen MR) is 105 cm³/mol. The molecule has 1 N–H and O–H groups in total. The van der Waals surface area contributed by atoms with Gasteiger partial charge >= 0.3 is 6.03 Å². The van der Waals surface area contributed by atoms with E-state index in [0.717, 1.165) is 30.7 Å². The SMILES string of the molecule is CCCCOc1ccc(NC(=O)N2CC(S(=O)(=O)c3ccc(F)cc3)C2)cc1. The average Bonchev–Trinajstić information content (AvgIpc) is 2.62. The van der Waals surface area contributed by atoms with Crippen LogP contribution < -0.4 is 10.1 Å². The number of carbonyl (C=O) groups excluding carboxylic acids is 1. The summed E-state index contributed by atoms with van der Waals surface area (Å²) in [6.07, 6.45) is 2.04. The summed E-state index contributed by atoms with van der Waals surface area (Å²) < 4.78 is 43.6. The number of ether oxygens (including phenoxy) is 1. The smallest absolute Gasteiger partial charge is 0.321 e. The number of likely N-dealkylation sites (tertiary alicyclic amines) is 1. The third kappa shape index (κ3) is 4.62.